The predicted octanol–water partition coefficient (Wildman–Crippen LogP) is 4.46. The van der Waals surface area contributed by atoms with E-state index in [1.165, 1.54) is 25.1 Å². The van der Waals surface area contributed by atoms with Crippen LogP contribution >= 0.6 is 0 Å². The molecule has 0 aliphatic carbocycles. The van der Waals surface area contributed by atoms with Gasteiger partial charge in [-0.3, -0.25) is 9.59 Å². The standard InChI is InChI=1S/C20H21F3N2O2/c1-12-5-7-14(8-6-12)13(2)18(26)24-17-10-15(19(27)25(3)4)9-16(11-17)20(21,22)23/h5-11,13H,1-4H3,(H,24,26). The molecule has 0 heterocycles. The van der Waals surface area contributed by atoms with Crippen LogP contribution in [0.15, 0.2) is 42.5 Å². The largest absolute Gasteiger partial charge is 0.416 e. The van der Waals surface area contributed by atoms with Gasteiger partial charge < -0.3 is 10.2 Å². The number of aryl methyl sites for hydroxylation is 1. The van der Waals surface area contributed by atoms with E-state index in [-0.39, 0.29) is 11.3 Å². The number of nitrogens with one attached hydrogen (secondary N) is 1. The molecule has 1 atom stereocenters. The summed E-state index contributed by atoms with van der Waals surface area (Å²) in [5.74, 6) is -1.60. The van der Waals surface area contributed by atoms with Gasteiger partial charge in [0.2, 0.25) is 5.91 Å². The molecule has 0 aromatic heterocycles. The highest BCUT2D eigenvalue weighted by atomic mass is 19.4. The monoisotopic (exact) mass is 378 g/mol. The summed E-state index contributed by atoms with van der Waals surface area (Å²) in [6.07, 6.45) is -4.63. The van der Waals surface area contributed by atoms with Crippen LogP contribution in [-0.2, 0) is 11.0 Å². The van der Waals surface area contributed by atoms with Gasteiger partial charge in [-0.1, -0.05) is 29.8 Å². The zero-order valence-corrected chi connectivity index (χ0v) is 15.5. The van der Waals surface area contributed by atoms with Crippen molar-refractivity contribution < 1.29 is 22.8 Å². The fourth-order valence-electron chi connectivity index (χ4n) is 2.50. The van der Waals surface area contributed by atoms with Crippen molar-refractivity contribution in [1.29, 1.82) is 0 Å². The minimum Gasteiger partial charge on any atom is -0.345 e. The average molecular weight is 378 g/mol. The zero-order chi connectivity index (χ0) is 20.4. The van der Waals surface area contributed by atoms with Gasteiger partial charge in [0.1, 0.15) is 0 Å². The molecule has 0 saturated heterocycles. The van der Waals surface area contributed by atoms with Gasteiger partial charge in [0.15, 0.2) is 0 Å². The number of hydrogen-bond donors (Lipinski definition) is 1. The Kier molecular flexibility index (Phi) is 5.93. The van der Waals surface area contributed by atoms with Crippen LogP contribution in [0, 0.1) is 6.92 Å². The molecule has 2 rings (SSSR count). The van der Waals surface area contributed by atoms with Gasteiger partial charge in [0, 0.05) is 25.3 Å². The highest BCUT2D eigenvalue weighted by Crippen LogP contribution is 2.32. The summed E-state index contributed by atoms with van der Waals surface area (Å²) in [7, 11) is 2.89. The Bertz CT molecular complexity index is 843. The molecule has 2 aromatic rings. The Morgan fingerprint density at radius 2 is 1.63 bits per heavy atom. The molecule has 1 unspecified atom stereocenters. The van der Waals surface area contributed by atoms with Gasteiger partial charge in [-0.2, -0.15) is 13.2 Å². The molecule has 144 valence electrons. The molecule has 4 nitrogen and oxygen atoms in total. The molecule has 2 amide bonds. The van der Waals surface area contributed by atoms with Crippen molar-refractivity contribution >= 4 is 17.5 Å². The van der Waals surface area contributed by atoms with E-state index < -0.39 is 29.5 Å². The Hall–Kier alpha value is -2.83. The Balaban J connectivity index is 2.33. The van der Waals surface area contributed by atoms with Crippen molar-refractivity contribution in [3.05, 3.63) is 64.7 Å². The predicted molar refractivity (Wildman–Crippen MR) is 97.7 cm³/mol. The van der Waals surface area contributed by atoms with E-state index in [2.05, 4.69) is 5.32 Å². The third kappa shape index (κ3) is 5.09. The number of hydrogen-bond acceptors (Lipinski definition) is 2. The maximum atomic E-state index is 13.2. The lowest BCUT2D eigenvalue weighted by Gasteiger charge is -2.17. The van der Waals surface area contributed by atoms with Gasteiger partial charge in [-0.25, -0.2) is 0 Å². The van der Waals surface area contributed by atoms with Crippen molar-refractivity contribution in [2.75, 3.05) is 19.4 Å². The molecule has 27 heavy (non-hydrogen) atoms. The molecule has 0 saturated carbocycles. The summed E-state index contributed by atoms with van der Waals surface area (Å²) < 4.78 is 39.5. The van der Waals surface area contributed by atoms with Crippen LogP contribution in [0.5, 0.6) is 0 Å². The van der Waals surface area contributed by atoms with E-state index >= 15 is 0 Å². The summed E-state index contributed by atoms with van der Waals surface area (Å²) in [6, 6.07) is 10.2. The summed E-state index contributed by atoms with van der Waals surface area (Å²) in [4.78, 5) is 25.8. The third-order valence-corrected chi connectivity index (χ3v) is 4.15. The maximum Gasteiger partial charge on any atom is 0.416 e. The van der Waals surface area contributed by atoms with Crippen molar-refractivity contribution in [1.82, 2.24) is 4.90 Å². The molecule has 0 bridgehead atoms. The average Bonchev–Trinajstić information content (AvgIpc) is 2.59. The molecule has 2 aromatic carbocycles. The SMILES string of the molecule is Cc1ccc(C(C)C(=O)Nc2cc(C(=O)N(C)C)cc(C(F)(F)F)c2)cc1. The van der Waals surface area contributed by atoms with Crippen LogP contribution in [0.1, 0.15) is 39.9 Å². The fraction of sp³-hybridized carbons (Fsp3) is 0.300. The molecule has 1 N–H and O–H groups in total. The third-order valence-electron chi connectivity index (χ3n) is 4.15. The molecule has 0 aliphatic heterocycles. The summed E-state index contributed by atoms with van der Waals surface area (Å²) in [6.45, 7) is 3.58. The van der Waals surface area contributed by atoms with E-state index in [0.29, 0.717) is 0 Å². The van der Waals surface area contributed by atoms with Gasteiger partial charge in [-0.15, -0.1) is 0 Å². The lowest BCUT2D eigenvalue weighted by atomic mass is 9.99. The minimum atomic E-state index is -4.63. The van der Waals surface area contributed by atoms with Gasteiger partial charge >= 0.3 is 6.18 Å². The first-order valence-electron chi connectivity index (χ1n) is 8.30. The molecule has 7 heteroatoms. The van der Waals surface area contributed by atoms with Gasteiger partial charge in [0.25, 0.3) is 5.91 Å². The number of halogens is 3. The fourth-order valence-corrected chi connectivity index (χ4v) is 2.50. The number of benzene rings is 2. The number of anilines is 1. The minimum absolute atomic E-state index is 0.0704. The van der Waals surface area contributed by atoms with Crippen LogP contribution in [0.4, 0.5) is 18.9 Å². The molecular weight excluding hydrogens is 357 g/mol. The topological polar surface area (TPSA) is 49.4 Å². The smallest absolute Gasteiger partial charge is 0.345 e. The molecule has 0 fully saturated rings. The molecule has 0 radical (unpaired) electrons. The van der Waals surface area contributed by atoms with E-state index in [0.717, 1.165) is 23.3 Å². The lowest BCUT2D eigenvalue weighted by Crippen LogP contribution is -2.23. The summed E-state index contributed by atoms with van der Waals surface area (Å²) >= 11 is 0. The number of alkyl halides is 3. The number of rotatable bonds is 4. The number of carbonyl (C=O) groups excluding carboxylic acids is 2. The number of nitrogens with zero attached hydrogens (tertiary/aromatic N) is 1. The first kappa shape index (κ1) is 20.5. The van der Waals surface area contributed by atoms with Crippen LogP contribution in [0.2, 0.25) is 0 Å². The highest BCUT2D eigenvalue weighted by molar-refractivity contribution is 5.99. The van der Waals surface area contributed by atoms with Crippen molar-refractivity contribution in [2.24, 2.45) is 0 Å². The van der Waals surface area contributed by atoms with E-state index in [9.17, 15) is 22.8 Å². The number of amides is 2. The first-order valence-corrected chi connectivity index (χ1v) is 8.30. The van der Waals surface area contributed by atoms with Crippen molar-refractivity contribution in [3.8, 4) is 0 Å². The first-order chi connectivity index (χ1) is 12.5. The van der Waals surface area contributed by atoms with E-state index in [1.54, 1.807) is 19.1 Å². The Labute approximate surface area is 156 Å². The second-order valence-electron chi connectivity index (χ2n) is 6.62. The Morgan fingerprint density at radius 1 is 1.04 bits per heavy atom. The van der Waals surface area contributed by atoms with E-state index in [4.69, 9.17) is 0 Å². The van der Waals surface area contributed by atoms with Crippen molar-refractivity contribution in [2.45, 2.75) is 25.9 Å². The molecule has 0 spiro atoms. The molecule has 0 aliphatic rings. The summed E-state index contributed by atoms with van der Waals surface area (Å²) in [5, 5.41) is 2.49. The quantitative estimate of drug-likeness (QED) is 0.854. The zero-order valence-electron chi connectivity index (χ0n) is 15.5. The second-order valence-corrected chi connectivity index (χ2v) is 6.62. The van der Waals surface area contributed by atoms with Crippen LogP contribution in [-0.4, -0.2) is 30.8 Å². The van der Waals surface area contributed by atoms with Gasteiger partial charge in [-0.05, 0) is 37.6 Å². The van der Waals surface area contributed by atoms with Crippen LogP contribution < -0.4 is 5.32 Å². The van der Waals surface area contributed by atoms with Crippen molar-refractivity contribution in [3.63, 3.8) is 0 Å². The lowest BCUT2D eigenvalue weighted by molar-refractivity contribution is -0.137. The normalized spacial score (nSPS) is 12.4. The highest BCUT2D eigenvalue weighted by Gasteiger charge is 2.32. The molecular formula is C20H21F3N2O2. The number of carbonyl (C=O) groups is 2. The van der Waals surface area contributed by atoms with Gasteiger partial charge in [0.05, 0.1) is 11.5 Å². The van der Waals surface area contributed by atoms with Crippen LogP contribution in [0.3, 0.4) is 0 Å². The second kappa shape index (κ2) is 7.82. The maximum absolute atomic E-state index is 13.2. The van der Waals surface area contributed by atoms with Crippen LogP contribution in [0.25, 0.3) is 0 Å². The Morgan fingerprint density at radius 3 is 2.15 bits per heavy atom. The van der Waals surface area contributed by atoms with E-state index in [1.807, 2.05) is 19.1 Å². The summed E-state index contributed by atoms with van der Waals surface area (Å²) in [5.41, 5.74) is 0.575.